The molecule has 0 aliphatic carbocycles. The molecule has 0 radical (unpaired) electrons. The smallest absolute Gasteiger partial charge is 0.416 e. The van der Waals surface area contributed by atoms with Gasteiger partial charge in [0.05, 0.1) is 24.7 Å². The summed E-state index contributed by atoms with van der Waals surface area (Å²) in [4.78, 5) is 24.6. The molecule has 0 saturated heterocycles. The van der Waals surface area contributed by atoms with Gasteiger partial charge in [0.1, 0.15) is 6.04 Å². The third kappa shape index (κ3) is 6.48. The van der Waals surface area contributed by atoms with E-state index in [0.29, 0.717) is 12.1 Å². The molecule has 4 nitrogen and oxygen atoms in total. The van der Waals surface area contributed by atoms with Crippen molar-refractivity contribution >= 4 is 11.9 Å². The van der Waals surface area contributed by atoms with Gasteiger partial charge in [0.15, 0.2) is 0 Å². The van der Waals surface area contributed by atoms with E-state index in [1.54, 1.807) is 26.0 Å². The first-order valence-corrected chi connectivity index (χ1v) is 9.43. The maximum absolute atomic E-state index is 13.0. The zero-order valence-electron chi connectivity index (χ0n) is 17.4. The molecule has 1 atom stereocenters. The number of alkyl halides is 6. The molecule has 0 bridgehead atoms. The number of amides is 1. The van der Waals surface area contributed by atoms with Gasteiger partial charge >= 0.3 is 18.3 Å². The lowest BCUT2D eigenvalue weighted by Crippen LogP contribution is -2.44. The highest BCUT2D eigenvalue weighted by molar-refractivity contribution is 5.86. The maximum atomic E-state index is 13.0. The molecule has 2 aromatic carbocycles. The molecule has 0 aliphatic rings. The summed E-state index contributed by atoms with van der Waals surface area (Å²) in [5.41, 5.74) is -1.06. The molecular weight excluding hydrogens is 440 g/mol. The lowest BCUT2D eigenvalue weighted by molar-refractivity contribution is -0.145. The van der Waals surface area contributed by atoms with Crippen LogP contribution < -0.4 is 5.32 Å². The molecule has 0 spiro atoms. The van der Waals surface area contributed by atoms with E-state index < -0.39 is 53.4 Å². The number of esters is 1. The Bertz CT molecular complexity index is 946. The lowest BCUT2D eigenvalue weighted by atomic mass is 9.96. The number of carbonyl (C=O) groups excluding carboxylic acids is 2. The van der Waals surface area contributed by atoms with Crippen molar-refractivity contribution in [2.24, 2.45) is 0 Å². The summed E-state index contributed by atoms with van der Waals surface area (Å²) >= 11 is 0. The van der Waals surface area contributed by atoms with Gasteiger partial charge in [-0.1, -0.05) is 18.2 Å². The Kier molecular flexibility index (Phi) is 7.58. The number of carbonyl (C=O) groups is 2. The van der Waals surface area contributed by atoms with Crippen molar-refractivity contribution in [1.29, 1.82) is 0 Å². The first-order chi connectivity index (χ1) is 14.7. The fraction of sp³-hybridized carbons (Fsp3) is 0.364. The summed E-state index contributed by atoms with van der Waals surface area (Å²) in [7, 11) is 1.11. The number of methoxy groups -OCH3 is 1. The first-order valence-electron chi connectivity index (χ1n) is 9.43. The van der Waals surface area contributed by atoms with Crippen molar-refractivity contribution in [1.82, 2.24) is 5.32 Å². The van der Waals surface area contributed by atoms with E-state index in [9.17, 15) is 35.9 Å². The van der Waals surface area contributed by atoms with E-state index in [1.807, 2.05) is 6.07 Å². The predicted octanol–water partition coefficient (Wildman–Crippen LogP) is 4.78. The third-order valence-electron chi connectivity index (χ3n) is 4.89. The number of rotatable bonds is 6. The minimum Gasteiger partial charge on any atom is -0.467 e. The average molecular weight is 461 g/mol. The Labute approximate surface area is 180 Å². The number of aryl methyl sites for hydroxylation is 2. The number of ether oxygens (including phenoxy) is 1. The maximum Gasteiger partial charge on any atom is 0.416 e. The zero-order chi connectivity index (χ0) is 24.3. The minimum absolute atomic E-state index is 0.0143. The molecule has 10 heteroatoms. The molecule has 32 heavy (non-hydrogen) atoms. The number of halogens is 6. The van der Waals surface area contributed by atoms with Crippen LogP contribution in [0.1, 0.15) is 33.4 Å². The van der Waals surface area contributed by atoms with E-state index in [2.05, 4.69) is 5.32 Å². The van der Waals surface area contributed by atoms with Crippen LogP contribution in [0, 0.1) is 13.8 Å². The molecule has 2 rings (SSSR count). The zero-order valence-corrected chi connectivity index (χ0v) is 17.4. The summed E-state index contributed by atoms with van der Waals surface area (Å²) < 4.78 is 82.8. The van der Waals surface area contributed by atoms with E-state index in [4.69, 9.17) is 4.74 Å². The van der Waals surface area contributed by atoms with Crippen molar-refractivity contribution in [2.45, 2.75) is 45.1 Å². The van der Waals surface area contributed by atoms with Gasteiger partial charge < -0.3 is 10.1 Å². The van der Waals surface area contributed by atoms with Crippen LogP contribution in [0.4, 0.5) is 26.3 Å². The van der Waals surface area contributed by atoms with Crippen LogP contribution in [-0.2, 0) is 39.5 Å². The van der Waals surface area contributed by atoms with Gasteiger partial charge in [-0.3, -0.25) is 4.79 Å². The van der Waals surface area contributed by atoms with E-state index >= 15 is 0 Å². The summed E-state index contributed by atoms with van der Waals surface area (Å²) in [6, 6.07) is 5.20. The average Bonchev–Trinajstić information content (AvgIpc) is 2.67. The van der Waals surface area contributed by atoms with Gasteiger partial charge in [0.2, 0.25) is 5.91 Å². The lowest BCUT2D eigenvalue weighted by Gasteiger charge is -2.19. The molecule has 0 unspecified atom stereocenters. The highest BCUT2D eigenvalue weighted by Gasteiger charge is 2.37. The Hall–Kier alpha value is -3.04. The summed E-state index contributed by atoms with van der Waals surface area (Å²) in [5, 5.41) is 2.36. The molecule has 1 N–H and O–H groups in total. The van der Waals surface area contributed by atoms with Gasteiger partial charge in [-0.2, -0.15) is 26.3 Å². The highest BCUT2D eigenvalue weighted by atomic mass is 19.4. The molecule has 2 aromatic rings. The Balaban J connectivity index is 2.29. The second-order valence-electron chi connectivity index (χ2n) is 7.31. The Morgan fingerprint density at radius 2 is 1.44 bits per heavy atom. The van der Waals surface area contributed by atoms with Crippen LogP contribution >= 0.6 is 0 Å². The van der Waals surface area contributed by atoms with Crippen LogP contribution in [0.2, 0.25) is 0 Å². The molecule has 174 valence electrons. The fourth-order valence-electron chi connectivity index (χ4n) is 3.26. The second-order valence-corrected chi connectivity index (χ2v) is 7.31. The van der Waals surface area contributed by atoms with Gasteiger partial charge in [-0.25, -0.2) is 4.79 Å². The van der Waals surface area contributed by atoms with Crippen LogP contribution in [0.15, 0.2) is 36.4 Å². The first kappa shape index (κ1) is 25.2. The summed E-state index contributed by atoms with van der Waals surface area (Å²) in [6.07, 6.45) is -10.8. The van der Waals surface area contributed by atoms with Crippen molar-refractivity contribution in [3.05, 3.63) is 69.8 Å². The standard InChI is InChI=1S/C22H21F6NO3/c1-12-5-4-6-13(2)17(12)11-18(20(31)32-3)29-19(30)9-14-7-15(21(23,24)25)10-16(8-14)22(26,27)28/h4-8,10,18H,9,11H2,1-3H3,(H,29,30)/t18-/m0/s1. The summed E-state index contributed by atoms with van der Waals surface area (Å²) in [6.45, 7) is 3.61. The van der Waals surface area contributed by atoms with Crippen molar-refractivity contribution in [2.75, 3.05) is 7.11 Å². The molecule has 0 heterocycles. The number of nitrogens with one attached hydrogen (secondary N) is 1. The predicted molar refractivity (Wildman–Crippen MR) is 104 cm³/mol. The van der Waals surface area contributed by atoms with Crippen LogP contribution in [0.5, 0.6) is 0 Å². The Morgan fingerprint density at radius 3 is 1.88 bits per heavy atom. The van der Waals surface area contributed by atoms with Crippen molar-refractivity contribution in [3.8, 4) is 0 Å². The topological polar surface area (TPSA) is 55.4 Å². The second kappa shape index (κ2) is 9.62. The van der Waals surface area contributed by atoms with Crippen LogP contribution in [0.3, 0.4) is 0 Å². The van der Waals surface area contributed by atoms with E-state index in [-0.39, 0.29) is 12.5 Å². The number of hydrogen-bond acceptors (Lipinski definition) is 3. The fourth-order valence-corrected chi connectivity index (χ4v) is 3.26. The summed E-state index contributed by atoms with van der Waals surface area (Å²) in [5.74, 6) is -1.71. The van der Waals surface area contributed by atoms with Gasteiger partial charge in [-0.05, 0) is 54.3 Å². The number of benzene rings is 2. The largest absolute Gasteiger partial charge is 0.467 e. The van der Waals surface area contributed by atoms with Gasteiger partial charge in [-0.15, -0.1) is 0 Å². The van der Waals surface area contributed by atoms with Crippen LogP contribution in [-0.4, -0.2) is 25.0 Å². The molecule has 0 saturated carbocycles. The monoisotopic (exact) mass is 461 g/mol. The van der Waals surface area contributed by atoms with E-state index in [0.717, 1.165) is 23.8 Å². The van der Waals surface area contributed by atoms with Gasteiger partial charge in [0, 0.05) is 6.42 Å². The van der Waals surface area contributed by atoms with E-state index in [1.165, 1.54) is 0 Å². The quantitative estimate of drug-likeness (QED) is 0.498. The van der Waals surface area contributed by atoms with Gasteiger partial charge in [0.25, 0.3) is 0 Å². The molecule has 0 fully saturated rings. The molecule has 0 aliphatic heterocycles. The minimum atomic E-state index is -5.02. The molecular formula is C22H21F6NO3. The van der Waals surface area contributed by atoms with Crippen LogP contribution in [0.25, 0.3) is 0 Å². The molecule has 1 amide bonds. The highest BCUT2D eigenvalue weighted by Crippen LogP contribution is 2.36. The van der Waals surface area contributed by atoms with Crippen molar-refractivity contribution in [3.63, 3.8) is 0 Å². The SMILES string of the molecule is COC(=O)[C@H](Cc1c(C)cccc1C)NC(=O)Cc1cc(C(F)(F)F)cc(C(F)(F)F)c1. The van der Waals surface area contributed by atoms with Crippen molar-refractivity contribution < 1.29 is 40.7 Å². The Morgan fingerprint density at radius 1 is 0.938 bits per heavy atom. The third-order valence-corrected chi connectivity index (χ3v) is 4.89. The normalized spacial score (nSPS) is 12.9. The molecule has 0 aromatic heterocycles. The number of hydrogen-bond donors (Lipinski definition) is 1.